The van der Waals surface area contributed by atoms with Crippen molar-refractivity contribution in [3.8, 4) is 10.6 Å². The van der Waals surface area contributed by atoms with Gasteiger partial charge in [0.25, 0.3) is 0 Å². The molecule has 0 bridgehead atoms. The molecule has 0 fully saturated rings. The Morgan fingerprint density at radius 2 is 1.62 bits per heavy atom. The maximum Gasteiger partial charge on any atom is 0.326 e. The number of unbranched alkanes of at least 4 members (excludes halogenated alkanes) is 8. The molecule has 9 nitrogen and oxygen atoms in total. The summed E-state index contributed by atoms with van der Waals surface area (Å²) in [5, 5.41) is 15.5. The number of thiazole rings is 1. The van der Waals surface area contributed by atoms with Crippen LogP contribution in [0.1, 0.15) is 82.4 Å². The number of nitrogens with zero attached hydrogens (tertiary/aromatic N) is 3. The van der Waals surface area contributed by atoms with Gasteiger partial charge in [0.1, 0.15) is 16.9 Å². The van der Waals surface area contributed by atoms with Gasteiger partial charge in [-0.3, -0.25) is 0 Å². The minimum absolute atomic E-state index is 0.0820. The Morgan fingerprint density at radius 3 is 2.24 bits per heavy atom. The number of hydrogen-bond acceptors (Lipinski definition) is 9. The first-order chi connectivity index (χ1) is 21.7. The van der Waals surface area contributed by atoms with Crippen LogP contribution in [0.4, 0.5) is 5.82 Å². The van der Waals surface area contributed by atoms with Crippen molar-refractivity contribution in [1.29, 1.82) is 0 Å². The molecular formula is C34H43N5O4S2. The molecule has 45 heavy (non-hydrogen) atoms. The molecule has 3 heterocycles. The fraction of sp³-hybridized carbons (Fsp3) is 0.412. The van der Waals surface area contributed by atoms with E-state index in [9.17, 15) is 18.3 Å². The van der Waals surface area contributed by atoms with Gasteiger partial charge in [-0.25, -0.2) is 28.2 Å². The predicted molar refractivity (Wildman–Crippen MR) is 180 cm³/mol. The third-order valence-electron chi connectivity index (χ3n) is 7.89. The normalized spacial score (nSPS) is 13.6. The fourth-order valence-corrected chi connectivity index (χ4v) is 7.52. The number of carboxylic acid groups (broad SMARTS) is 1. The molecule has 2 unspecified atom stereocenters. The number of nitrogens with two attached hydrogens (primary N) is 1. The smallest absolute Gasteiger partial charge is 0.326 e. The van der Waals surface area contributed by atoms with E-state index in [1.165, 1.54) is 55.7 Å². The minimum atomic E-state index is -4.25. The van der Waals surface area contributed by atoms with Crippen molar-refractivity contribution in [3.63, 3.8) is 0 Å². The highest BCUT2D eigenvalue weighted by Gasteiger charge is 2.45. The van der Waals surface area contributed by atoms with Crippen molar-refractivity contribution in [3.05, 3.63) is 89.7 Å². The molecule has 0 aliphatic heterocycles. The van der Waals surface area contributed by atoms with Gasteiger partial charge in [-0.15, -0.1) is 11.3 Å². The lowest BCUT2D eigenvalue weighted by Gasteiger charge is -2.29. The van der Waals surface area contributed by atoms with Gasteiger partial charge in [0, 0.05) is 29.8 Å². The SMILES string of the molecule is CCCCCCCCCCCC(Nc1cccc(C(N)(Cc2ccc(-c3nccs3)cc2)S(=O)(=O)c2ccccn2)n1)C(=O)O. The van der Waals surface area contributed by atoms with Gasteiger partial charge in [-0.05, 0) is 36.2 Å². The highest BCUT2D eigenvalue weighted by molar-refractivity contribution is 7.92. The molecule has 0 aliphatic carbocycles. The van der Waals surface area contributed by atoms with Crippen LogP contribution in [0.25, 0.3) is 10.6 Å². The van der Waals surface area contributed by atoms with E-state index in [1.807, 2.05) is 29.6 Å². The van der Waals surface area contributed by atoms with Crippen molar-refractivity contribution in [2.45, 2.75) is 93.5 Å². The first-order valence-electron chi connectivity index (χ1n) is 15.6. The molecule has 0 radical (unpaired) electrons. The van der Waals surface area contributed by atoms with Crippen LogP contribution in [-0.2, 0) is 25.9 Å². The number of pyridine rings is 2. The Morgan fingerprint density at radius 1 is 0.911 bits per heavy atom. The van der Waals surface area contributed by atoms with Gasteiger partial charge in [0.15, 0.2) is 9.90 Å². The van der Waals surface area contributed by atoms with Crippen molar-refractivity contribution in [2.24, 2.45) is 5.73 Å². The Hall–Kier alpha value is -3.67. The van der Waals surface area contributed by atoms with Gasteiger partial charge in [0.2, 0.25) is 9.84 Å². The van der Waals surface area contributed by atoms with Crippen LogP contribution in [-0.4, -0.2) is 40.5 Å². The lowest BCUT2D eigenvalue weighted by Crippen LogP contribution is -2.48. The van der Waals surface area contributed by atoms with Crippen LogP contribution in [0.3, 0.4) is 0 Å². The van der Waals surface area contributed by atoms with Crippen LogP contribution in [0.2, 0.25) is 0 Å². The van der Waals surface area contributed by atoms with E-state index in [2.05, 4.69) is 27.2 Å². The monoisotopic (exact) mass is 649 g/mol. The number of benzene rings is 1. The molecule has 2 atom stereocenters. The van der Waals surface area contributed by atoms with Crippen LogP contribution in [0.15, 0.2) is 83.5 Å². The summed E-state index contributed by atoms with van der Waals surface area (Å²) in [6.45, 7) is 2.21. The van der Waals surface area contributed by atoms with Crippen molar-refractivity contribution in [1.82, 2.24) is 15.0 Å². The quantitative estimate of drug-likeness (QED) is 0.0896. The van der Waals surface area contributed by atoms with E-state index in [1.54, 1.807) is 36.5 Å². The van der Waals surface area contributed by atoms with Crippen LogP contribution >= 0.6 is 11.3 Å². The Labute approximate surface area is 270 Å². The largest absolute Gasteiger partial charge is 0.480 e. The minimum Gasteiger partial charge on any atom is -0.480 e. The van der Waals surface area contributed by atoms with Gasteiger partial charge < -0.3 is 16.2 Å². The molecule has 4 aromatic rings. The number of aliphatic carboxylic acids is 1. The number of carbonyl (C=O) groups is 1. The van der Waals surface area contributed by atoms with E-state index in [0.717, 1.165) is 36.3 Å². The standard InChI is InChI=1S/C34H43N5O4S2/c1-2-3-4-5-6-7-8-9-10-14-28(33(40)41)38-30-16-13-15-29(39-30)34(35,45(42,43)31-17-11-12-22-36-31)25-26-18-20-27(21-19-26)32-37-23-24-44-32/h11-13,15-24,28H,2-10,14,25,35H2,1H3,(H,38,39)(H,40,41). The molecule has 0 amide bonds. The molecular weight excluding hydrogens is 607 g/mol. The average Bonchev–Trinajstić information content (AvgIpc) is 3.59. The van der Waals surface area contributed by atoms with E-state index in [-0.39, 0.29) is 23.0 Å². The highest BCUT2D eigenvalue weighted by Crippen LogP contribution is 2.34. The number of carboxylic acids is 1. The van der Waals surface area contributed by atoms with Crippen LogP contribution in [0.5, 0.6) is 0 Å². The molecule has 4 rings (SSSR count). The number of anilines is 1. The number of nitrogens with one attached hydrogen (secondary N) is 1. The lowest BCUT2D eigenvalue weighted by molar-refractivity contribution is -0.138. The van der Waals surface area contributed by atoms with Crippen LogP contribution in [0, 0.1) is 0 Å². The zero-order chi connectivity index (χ0) is 32.1. The Kier molecular flexibility index (Phi) is 12.6. The molecule has 0 saturated carbocycles. The van der Waals surface area contributed by atoms with Gasteiger partial charge in [-0.1, -0.05) is 101 Å². The van der Waals surface area contributed by atoms with E-state index in [4.69, 9.17) is 5.73 Å². The van der Waals surface area contributed by atoms with E-state index in [0.29, 0.717) is 12.0 Å². The van der Waals surface area contributed by atoms with Gasteiger partial charge >= 0.3 is 5.97 Å². The third-order valence-corrected chi connectivity index (χ3v) is 10.8. The molecule has 1 aromatic carbocycles. The second-order valence-corrected chi connectivity index (χ2v) is 14.4. The average molecular weight is 650 g/mol. The number of rotatable bonds is 19. The van der Waals surface area contributed by atoms with Gasteiger partial charge in [0.05, 0.1) is 5.69 Å². The summed E-state index contributed by atoms with van der Waals surface area (Å²) >= 11 is 1.51. The number of hydrogen-bond donors (Lipinski definition) is 3. The fourth-order valence-electron chi connectivity index (χ4n) is 5.30. The second-order valence-electron chi connectivity index (χ2n) is 11.3. The third kappa shape index (κ3) is 9.18. The Bertz CT molecular complexity index is 1580. The maximum atomic E-state index is 14.1. The summed E-state index contributed by atoms with van der Waals surface area (Å²) in [7, 11) is -4.25. The van der Waals surface area contributed by atoms with Crippen molar-refractivity contribution < 1.29 is 18.3 Å². The van der Waals surface area contributed by atoms with Gasteiger partial charge in [-0.2, -0.15) is 0 Å². The Balaban J connectivity index is 1.52. The summed E-state index contributed by atoms with van der Waals surface area (Å²) < 4.78 is 28.2. The molecule has 3 aromatic heterocycles. The molecule has 0 saturated heterocycles. The molecule has 0 spiro atoms. The van der Waals surface area contributed by atoms with E-state index >= 15 is 0 Å². The topological polar surface area (TPSA) is 148 Å². The van der Waals surface area contributed by atoms with Crippen molar-refractivity contribution >= 4 is 33.0 Å². The summed E-state index contributed by atoms with van der Waals surface area (Å²) in [5.41, 5.74) is 8.57. The zero-order valence-electron chi connectivity index (χ0n) is 25.8. The first kappa shape index (κ1) is 34.2. The highest BCUT2D eigenvalue weighted by atomic mass is 32.2. The van der Waals surface area contributed by atoms with Crippen molar-refractivity contribution in [2.75, 3.05) is 5.32 Å². The predicted octanol–water partition coefficient (Wildman–Crippen LogP) is 7.21. The lowest BCUT2D eigenvalue weighted by atomic mass is 10.0. The van der Waals surface area contributed by atoms with E-state index < -0.39 is 26.7 Å². The molecule has 240 valence electrons. The summed E-state index contributed by atoms with van der Waals surface area (Å²) in [6, 6.07) is 16.1. The number of sulfone groups is 1. The molecule has 11 heteroatoms. The molecule has 4 N–H and O–H groups in total. The second kappa shape index (κ2) is 16.6. The zero-order valence-corrected chi connectivity index (χ0v) is 27.4. The van der Waals surface area contributed by atoms with Crippen LogP contribution < -0.4 is 11.1 Å². The summed E-state index contributed by atoms with van der Waals surface area (Å²) in [6.07, 6.45) is 13.7. The molecule has 0 aliphatic rings. The maximum absolute atomic E-state index is 14.1. The number of aromatic nitrogens is 3. The first-order valence-corrected chi connectivity index (χ1v) is 18.0. The summed E-state index contributed by atoms with van der Waals surface area (Å²) in [4.78, 5) is 23.2. The summed E-state index contributed by atoms with van der Waals surface area (Å²) in [5.74, 6) is -0.733.